The predicted octanol–water partition coefficient (Wildman–Crippen LogP) is 4.85. The summed E-state index contributed by atoms with van der Waals surface area (Å²) in [6.45, 7) is 15.2. The van der Waals surface area contributed by atoms with E-state index in [-0.39, 0.29) is 5.56 Å². The molecule has 0 amide bonds. The summed E-state index contributed by atoms with van der Waals surface area (Å²) in [7, 11) is 0. The fraction of sp³-hybridized carbons (Fsp3) is 0.438. The Balaban J connectivity index is 1.38. The molecule has 2 heterocycles. The average Bonchev–Trinajstić information content (AvgIpc) is 2.97. The fourth-order valence-corrected chi connectivity index (χ4v) is 4.99. The van der Waals surface area contributed by atoms with Crippen LogP contribution in [-0.2, 0) is 13.1 Å². The minimum Gasteiger partial charge on any atom is -0.385 e. The molecule has 0 aliphatic carbocycles. The van der Waals surface area contributed by atoms with E-state index in [1.165, 1.54) is 0 Å². The molecular formula is C32H44N6O. The van der Waals surface area contributed by atoms with E-state index in [9.17, 15) is 4.79 Å². The molecule has 0 saturated carbocycles. The number of anilines is 1. The van der Waals surface area contributed by atoms with Crippen LogP contribution in [0.2, 0.25) is 0 Å². The van der Waals surface area contributed by atoms with Crippen molar-refractivity contribution in [1.29, 1.82) is 0 Å². The van der Waals surface area contributed by atoms with E-state index in [2.05, 4.69) is 65.5 Å². The zero-order valence-corrected chi connectivity index (χ0v) is 23.6. The van der Waals surface area contributed by atoms with Gasteiger partial charge in [-0.1, -0.05) is 57.2 Å². The third-order valence-electron chi connectivity index (χ3n) is 7.33. The Morgan fingerprint density at radius 2 is 1.85 bits per heavy atom. The molecule has 208 valence electrons. The highest BCUT2D eigenvalue weighted by Crippen LogP contribution is 2.19. The van der Waals surface area contributed by atoms with Crippen LogP contribution in [0, 0.1) is 0 Å². The van der Waals surface area contributed by atoms with Gasteiger partial charge in [-0.05, 0) is 54.7 Å². The molecule has 1 aliphatic heterocycles. The van der Waals surface area contributed by atoms with Gasteiger partial charge in [0.05, 0.1) is 12.2 Å². The van der Waals surface area contributed by atoms with Gasteiger partial charge in [0.1, 0.15) is 0 Å². The SMILES string of the molecule is C=C(CCN1CCNCC1)NCc1cccc(-c2ccc(=O)n(Cc3cccc(NC(CC)CCC)c3)n2)c1. The molecule has 0 spiro atoms. The highest BCUT2D eigenvalue weighted by atomic mass is 16.1. The van der Waals surface area contributed by atoms with E-state index in [4.69, 9.17) is 5.10 Å². The third kappa shape index (κ3) is 8.80. The van der Waals surface area contributed by atoms with E-state index in [0.29, 0.717) is 19.1 Å². The van der Waals surface area contributed by atoms with Gasteiger partial charge in [0, 0.05) is 68.3 Å². The van der Waals surface area contributed by atoms with E-state index in [0.717, 1.165) is 92.2 Å². The summed E-state index contributed by atoms with van der Waals surface area (Å²) in [6.07, 6.45) is 4.32. The molecule has 2 aromatic carbocycles. The summed E-state index contributed by atoms with van der Waals surface area (Å²) in [5.74, 6) is 0. The number of piperazine rings is 1. The summed E-state index contributed by atoms with van der Waals surface area (Å²) >= 11 is 0. The van der Waals surface area contributed by atoms with Crippen molar-refractivity contribution < 1.29 is 0 Å². The average molecular weight is 529 g/mol. The third-order valence-corrected chi connectivity index (χ3v) is 7.33. The molecule has 7 nitrogen and oxygen atoms in total. The molecule has 1 aromatic heterocycles. The molecule has 1 saturated heterocycles. The van der Waals surface area contributed by atoms with Crippen molar-refractivity contribution in [1.82, 2.24) is 25.3 Å². The smallest absolute Gasteiger partial charge is 0.267 e. The second-order valence-electron chi connectivity index (χ2n) is 10.5. The van der Waals surface area contributed by atoms with E-state index < -0.39 is 0 Å². The summed E-state index contributed by atoms with van der Waals surface area (Å²) in [5.41, 5.74) is 6.04. The zero-order valence-electron chi connectivity index (χ0n) is 23.6. The molecular weight excluding hydrogens is 484 g/mol. The number of nitrogens with zero attached hydrogens (tertiary/aromatic N) is 3. The Kier molecular flexibility index (Phi) is 10.7. The molecule has 1 atom stereocenters. The monoisotopic (exact) mass is 528 g/mol. The fourth-order valence-electron chi connectivity index (χ4n) is 4.99. The summed E-state index contributed by atoms with van der Waals surface area (Å²) in [5, 5.41) is 15.2. The molecule has 7 heteroatoms. The Labute approximate surface area is 233 Å². The van der Waals surface area contributed by atoms with Crippen LogP contribution in [0.5, 0.6) is 0 Å². The minimum absolute atomic E-state index is 0.104. The first-order valence-electron chi connectivity index (χ1n) is 14.4. The molecule has 0 bridgehead atoms. The van der Waals surface area contributed by atoms with Crippen LogP contribution in [0.15, 0.2) is 77.7 Å². The van der Waals surface area contributed by atoms with Crippen LogP contribution in [0.25, 0.3) is 11.3 Å². The first kappa shape index (κ1) is 28.6. The maximum absolute atomic E-state index is 12.7. The van der Waals surface area contributed by atoms with Crippen LogP contribution in [0.1, 0.15) is 50.7 Å². The highest BCUT2D eigenvalue weighted by Gasteiger charge is 2.10. The predicted molar refractivity (Wildman–Crippen MR) is 162 cm³/mol. The van der Waals surface area contributed by atoms with Crippen LogP contribution in [0.3, 0.4) is 0 Å². The van der Waals surface area contributed by atoms with Crippen LogP contribution in [-0.4, -0.2) is 53.4 Å². The molecule has 1 fully saturated rings. The van der Waals surface area contributed by atoms with E-state index >= 15 is 0 Å². The normalized spacial score (nSPS) is 14.6. The van der Waals surface area contributed by atoms with Crippen molar-refractivity contribution in [2.75, 3.05) is 38.0 Å². The summed E-state index contributed by atoms with van der Waals surface area (Å²) in [6, 6.07) is 20.5. The second kappa shape index (κ2) is 14.7. The Bertz CT molecular complexity index is 1260. The Morgan fingerprint density at radius 3 is 2.64 bits per heavy atom. The largest absolute Gasteiger partial charge is 0.385 e. The number of nitrogens with one attached hydrogen (secondary N) is 3. The van der Waals surface area contributed by atoms with Crippen molar-refractivity contribution in [2.24, 2.45) is 0 Å². The number of rotatable bonds is 14. The molecule has 1 unspecified atom stereocenters. The maximum Gasteiger partial charge on any atom is 0.267 e. The molecule has 0 radical (unpaired) electrons. The maximum atomic E-state index is 12.7. The molecule has 39 heavy (non-hydrogen) atoms. The lowest BCUT2D eigenvalue weighted by molar-refractivity contribution is 0.242. The van der Waals surface area contributed by atoms with Gasteiger partial charge in [-0.25, -0.2) is 4.68 Å². The highest BCUT2D eigenvalue weighted by molar-refractivity contribution is 5.59. The van der Waals surface area contributed by atoms with Gasteiger partial charge in [0.15, 0.2) is 0 Å². The summed E-state index contributed by atoms with van der Waals surface area (Å²) in [4.78, 5) is 15.2. The number of hydrogen-bond acceptors (Lipinski definition) is 6. The zero-order chi connectivity index (χ0) is 27.5. The Morgan fingerprint density at radius 1 is 1.05 bits per heavy atom. The quantitative estimate of drug-likeness (QED) is 0.278. The van der Waals surface area contributed by atoms with Gasteiger partial charge >= 0.3 is 0 Å². The number of benzene rings is 2. The van der Waals surface area contributed by atoms with E-state index in [1.807, 2.05) is 30.3 Å². The topological polar surface area (TPSA) is 74.2 Å². The van der Waals surface area contributed by atoms with Crippen molar-refractivity contribution in [3.63, 3.8) is 0 Å². The van der Waals surface area contributed by atoms with Crippen molar-refractivity contribution in [3.05, 3.63) is 94.4 Å². The first-order valence-corrected chi connectivity index (χ1v) is 14.4. The number of hydrogen-bond donors (Lipinski definition) is 3. The summed E-state index contributed by atoms with van der Waals surface area (Å²) < 4.78 is 1.56. The molecule has 4 rings (SSSR count). The van der Waals surface area contributed by atoms with Gasteiger partial charge in [-0.3, -0.25) is 4.79 Å². The standard InChI is InChI=1S/C32H44N6O/c1-4-8-29(5-2)35-30-12-7-10-27(22-30)24-38-32(39)14-13-31(36-38)28-11-6-9-26(21-28)23-34-25(3)15-18-37-19-16-33-17-20-37/h6-7,9-14,21-22,29,33-35H,3-5,8,15-20,23-24H2,1-2H3. The lowest BCUT2D eigenvalue weighted by Crippen LogP contribution is -2.44. The van der Waals surface area contributed by atoms with Gasteiger partial charge in [0.2, 0.25) is 0 Å². The molecule has 1 aliphatic rings. The lowest BCUT2D eigenvalue weighted by Gasteiger charge is -2.27. The van der Waals surface area contributed by atoms with Gasteiger partial charge in [0.25, 0.3) is 5.56 Å². The van der Waals surface area contributed by atoms with Crippen LogP contribution < -0.4 is 21.5 Å². The Hall–Kier alpha value is -3.42. The number of aromatic nitrogens is 2. The van der Waals surface area contributed by atoms with Gasteiger partial charge in [-0.2, -0.15) is 5.10 Å². The van der Waals surface area contributed by atoms with Crippen molar-refractivity contribution in [2.45, 2.75) is 58.7 Å². The van der Waals surface area contributed by atoms with Gasteiger partial charge in [-0.15, -0.1) is 0 Å². The van der Waals surface area contributed by atoms with Crippen LogP contribution in [0.4, 0.5) is 5.69 Å². The van der Waals surface area contributed by atoms with Gasteiger partial charge < -0.3 is 20.9 Å². The lowest BCUT2D eigenvalue weighted by atomic mass is 10.1. The first-order chi connectivity index (χ1) is 19.0. The molecule has 3 N–H and O–H groups in total. The van der Waals surface area contributed by atoms with Crippen molar-refractivity contribution in [3.8, 4) is 11.3 Å². The second-order valence-corrected chi connectivity index (χ2v) is 10.5. The van der Waals surface area contributed by atoms with Crippen molar-refractivity contribution >= 4 is 5.69 Å². The minimum atomic E-state index is -0.104. The van der Waals surface area contributed by atoms with E-state index in [1.54, 1.807) is 10.7 Å². The molecule has 3 aromatic rings. The van der Waals surface area contributed by atoms with Crippen LogP contribution >= 0.6 is 0 Å².